The van der Waals surface area contributed by atoms with Crippen LogP contribution in [0.15, 0.2) is 42.9 Å². The van der Waals surface area contributed by atoms with Crippen molar-refractivity contribution in [2.45, 2.75) is 31.8 Å². The number of ether oxygens (including phenoxy) is 1. The molecule has 0 radical (unpaired) electrons. The Labute approximate surface area is 199 Å². The largest absolute Gasteiger partial charge is 0.375 e. The van der Waals surface area contributed by atoms with Crippen molar-refractivity contribution in [2.24, 2.45) is 0 Å². The molecular weight excluding hydrogens is 456 g/mol. The topological polar surface area (TPSA) is 80.8 Å². The van der Waals surface area contributed by atoms with Crippen molar-refractivity contribution in [3.8, 4) is 5.69 Å². The van der Waals surface area contributed by atoms with Gasteiger partial charge in [-0.15, -0.1) is 5.10 Å². The van der Waals surface area contributed by atoms with Crippen molar-refractivity contribution in [3.05, 3.63) is 48.4 Å². The molecule has 0 bridgehead atoms. The van der Waals surface area contributed by atoms with Crippen molar-refractivity contribution in [1.82, 2.24) is 29.0 Å². The van der Waals surface area contributed by atoms with E-state index in [9.17, 15) is 13.6 Å². The first-order valence-corrected chi connectivity index (χ1v) is 11.7. The average Bonchev–Trinajstić information content (AvgIpc) is 3.47. The Hall–Kier alpha value is -3.60. The standard InChI is InChI=1S/C24H25F2N7O2/c1-16-14-31(10-11-35-16)23-28-20-3-2-19(15-33(20)29-23)32-7-4-17-12-18(13-27-21(17)32)22(34)30-8-5-24(25,26)6-9-30/h2-4,7,12-13,15-16H,5-6,8-11,14H2,1H3/t16-/m1/s1. The van der Waals surface area contributed by atoms with Gasteiger partial charge in [0, 0.05) is 56.8 Å². The molecule has 0 aliphatic carbocycles. The van der Waals surface area contributed by atoms with Gasteiger partial charge in [0.05, 0.1) is 30.2 Å². The first-order valence-electron chi connectivity index (χ1n) is 11.7. The molecule has 182 valence electrons. The molecule has 0 saturated carbocycles. The van der Waals surface area contributed by atoms with Gasteiger partial charge in [0.15, 0.2) is 5.65 Å². The second kappa shape index (κ2) is 8.26. The predicted octanol–water partition coefficient (Wildman–Crippen LogP) is 3.16. The first-order chi connectivity index (χ1) is 16.9. The molecule has 0 N–H and O–H groups in total. The van der Waals surface area contributed by atoms with Crippen molar-refractivity contribution in [3.63, 3.8) is 0 Å². The Balaban J connectivity index is 1.26. The number of hydrogen-bond donors (Lipinski definition) is 0. The lowest BCUT2D eigenvalue weighted by atomic mass is 10.1. The molecule has 0 aromatic carbocycles. The number of aromatic nitrogens is 5. The summed E-state index contributed by atoms with van der Waals surface area (Å²) in [7, 11) is 0. The molecule has 4 aromatic heterocycles. The fourth-order valence-corrected chi connectivity index (χ4v) is 4.71. The molecule has 2 saturated heterocycles. The summed E-state index contributed by atoms with van der Waals surface area (Å²) >= 11 is 0. The van der Waals surface area contributed by atoms with Crippen molar-refractivity contribution < 1.29 is 18.3 Å². The lowest BCUT2D eigenvalue weighted by Crippen LogP contribution is -2.42. The first kappa shape index (κ1) is 21.9. The van der Waals surface area contributed by atoms with Crippen LogP contribution >= 0.6 is 0 Å². The molecular formula is C24H25F2N7O2. The minimum Gasteiger partial charge on any atom is -0.375 e. The van der Waals surface area contributed by atoms with Gasteiger partial charge in [-0.3, -0.25) is 9.36 Å². The summed E-state index contributed by atoms with van der Waals surface area (Å²) in [5.74, 6) is -2.29. The number of fused-ring (bicyclic) bond motifs is 2. The molecule has 0 spiro atoms. The number of pyridine rings is 2. The monoisotopic (exact) mass is 481 g/mol. The van der Waals surface area contributed by atoms with Gasteiger partial charge in [-0.1, -0.05) is 0 Å². The van der Waals surface area contributed by atoms with Gasteiger partial charge in [-0.25, -0.2) is 18.3 Å². The van der Waals surface area contributed by atoms with E-state index in [1.807, 2.05) is 42.1 Å². The van der Waals surface area contributed by atoms with Gasteiger partial charge in [-0.05, 0) is 31.2 Å². The van der Waals surface area contributed by atoms with Crippen LogP contribution in [0.5, 0.6) is 0 Å². The molecule has 11 heteroatoms. The normalized spacial score (nSPS) is 20.6. The molecule has 0 unspecified atom stereocenters. The third-order valence-electron chi connectivity index (χ3n) is 6.66. The van der Waals surface area contributed by atoms with Crippen molar-refractivity contribution in [2.75, 3.05) is 37.7 Å². The number of nitrogens with zero attached hydrogens (tertiary/aromatic N) is 7. The Bertz CT molecular complexity index is 1410. The molecule has 6 rings (SSSR count). The molecule has 2 fully saturated rings. The number of anilines is 1. The molecule has 6 heterocycles. The smallest absolute Gasteiger partial charge is 0.255 e. The van der Waals surface area contributed by atoms with Gasteiger partial charge >= 0.3 is 0 Å². The fourth-order valence-electron chi connectivity index (χ4n) is 4.71. The zero-order valence-electron chi connectivity index (χ0n) is 19.3. The zero-order chi connectivity index (χ0) is 24.2. The Morgan fingerprint density at radius 3 is 2.80 bits per heavy atom. The summed E-state index contributed by atoms with van der Waals surface area (Å²) in [4.78, 5) is 25.6. The summed E-state index contributed by atoms with van der Waals surface area (Å²) in [6.45, 7) is 4.28. The van der Waals surface area contributed by atoms with Crippen LogP contribution in [0, 0.1) is 0 Å². The number of alkyl halides is 2. The number of amides is 1. The van der Waals surface area contributed by atoms with Gasteiger partial charge in [-0.2, -0.15) is 4.98 Å². The van der Waals surface area contributed by atoms with E-state index in [0.717, 1.165) is 29.8 Å². The minimum absolute atomic E-state index is 0.0498. The van der Waals surface area contributed by atoms with Crippen molar-refractivity contribution >= 4 is 28.5 Å². The summed E-state index contributed by atoms with van der Waals surface area (Å²) in [5.41, 5.74) is 2.68. The van der Waals surface area contributed by atoms with E-state index in [4.69, 9.17) is 4.74 Å². The number of carbonyl (C=O) groups excluding carboxylic acids is 1. The van der Waals surface area contributed by atoms with E-state index in [0.29, 0.717) is 23.8 Å². The number of carbonyl (C=O) groups is 1. The lowest BCUT2D eigenvalue weighted by molar-refractivity contribution is -0.0494. The number of likely N-dealkylation sites (tertiary alicyclic amines) is 1. The Morgan fingerprint density at radius 2 is 2.00 bits per heavy atom. The van der Waals surface area contributed by atoms with Crippen LogP contribution in [0.3, 0.4) is 0 Å². The summed E-state index contributed by atoms with van der Waals surface area (Å²) < 4.78 is 36.2. The maximum absolute atomic E-state index is 13.5. The van der Waals surface area contributed by atoms with Gasteiger partial charge in [0.2, 0.25) is 5.95 Å². The van der Waals surface area contributed by atoms with E-state index >= 15 is 0 Å². The van der Waals surface area contributed by atoms with Crippen LogP contribution < -0.4 is 4.90 Å². The average molecular weight is 482 g/mol. The molecule has 1 amide bonds. The van der Waals surface area contributed by atoms with Crippen molar-refractivity contribution in [1.29, 1.82) is 0 Å². The van der Waals surface area contributed by atoms with E-state index < -0.39 is 5.92 Å². The Morgan fingerprint density at radius 1 is 1.17 bits per heavy atom. The van der Waals surface area contributed by atoms with Gasteiger partial charge < -0.3 is 14.5 Å². The highest BCUT2D eigenvalue weighted by atomic mass is 19.3. The van der Waals surface area contributed by atoms with E-state index in [1.54, 1.807) is 10.6 Å². The second-order valence-corrected chi connectivity index (χ2v) is 9.20. The number of hydrogen-bond acceptors (Lipinski definition) is 6. The van der Waals surface area contributed by atoms with Gasteiger partial charge in [0.1, 0.15) is 5.65 Å². The van der Waals surface area contributed by atoms with Crippen LogP contribution in [0.2, 0.25) is 0 Å². The number of rotatable bonds is 3. The van der Waals surface area contributed by atoms with Crippen LogP contribution in [0.25, 0.3) is 22.4 Å². The highest BCUT2D eigenvalue weighted by Gasteiger charge is 2.36. The minimum atomic E-state index is -2.69. The Kier molecular flexibility index (Phi) is 5.17. The summed E-state index contributed by atoms with van der Waals surface area (Å²) in [5, 5.41) is 5.45. The number of morpholine rings is 1. The van der Waals surface area contributed by atoms with Crippen LogP contribution in [-0.2, 0) is 4.74 Å². The second-order valence-electron chi connectivity index (χ2n) is 9.20. The SMILES string of the molecule is C[C@@H]1CN(c2nc3ccc(-n4ccc5cc(C(=O)N6CCC(F)(F)CC6)cnc54)cn3n2)CCO1. The number of halogens is 2. The van der Waals surface area contributed by atoms with Crippen LogP contribution in [0.4, 0.5) is 14.7 Å². The third kappa shape index (κ3) is 4.09. The quantitative estimate of drug-likeness (QED) is 0.447. The predicted molar refractivity (Wildman–Crippen MR) is 125 cm³/mol. The highest BCUT2D eigenvalue weighted by Crippen LogP contribution is 2.29. The molecule has 1 atom stereocenters. The van der Waals surface area contributed by atoms with Crippen LogP contribution in [-0.4, -0.2) is 79.8 Å². The summed E-state index contributed by atoms with van der Waals surface area (Å²) in [6.07, 6.45) is 4.82. The van der Waals surface area contributed by atoms with E-state index in [1.165, 1.54) is 11.1 Å². The maximum atomic E-state index is 13.5. The van der Waals surface area contributed by atoms with E-state index in [-0.39, 0.29) is 37.9 Å². The molecule has 9 nitrogen and oxygen atoms in total. The van der Waals surface area contributed by atoms with E-state index in [2.05, 4.69) is 20.0 Å². The maximum Gasteiger partial charge on any atom is 0.255 e. The molecule has 2 aliphatic rings. The van der Waals surface area contributed by atoms with Crippen LogP contribution in [0.1, 0.15) is 30.1 Å². The fraction of sp³-hybridized carbons (Fsp3) is 0.417. The highest BCUT2D eigenvalue weighted by molar-refractivity contribution is 5.97. The zero-order valence-corrected chi connectivity index (χ0v) is 19.3. The molecule has 35 heavy (non-hydrogen) atoms. The summed E-state index contributed by atoms with van der Waals surface area (Å²) in [6, 6.07) is 7.50. The molecule has 2 aliphatic heterocycles. The van der Waals surface area contributed by atoms with Gasteiger partial charge in [0.25, 0.3) is 11.8 Å². The third-order valence-corrected chi connectivity index (χ3v) is 6.66. The molecule has 4 aromatic rings. The number of piperidine rings is 1. The lowest BCUT2D eigenvalue weighted by Gasteiger charge is -2.31.